The Hall–Kier alpha value is -2.37. The van der Waals surface area contributed by atoms with Gasteiger partial charge in [-0.15, -0.1) is 0 Å². The summed E-state index contributed by atoms with van der Waals surface area (Å²) in [5.41, 5.74) is -0.412. The third kappa shape index (κ3) is 7.07. The van der Waals surface area contributed by atoms with Crippen LogP contribution in [0.15, 0.2) is 47.4 Å². The molecule has 1 aliphatic heterocycles. The van der Waals surface area contributed by atoms with E-state index in [9.17, 15) is 18.5 Å². The Bertz CT molecular complexity index is 1140. The smallest absolute Gasteiger partial charge is 0.459 e. The van der Waals surface area contributed by atoms with Gasteiger partial charge in [0.05, 0.1) is 18.8 Å². The van der Waals surface area contributed by atoms with Gasteiger partial charge in [0.15, 0.2) is 11.0 Å². The number of H-pyrrole nitrogens is 1. The Balaban J connectivity index is 1.71. The van der Waals surface area contributed by atoms with Gasteiger partial charge in [-0.1, -0.05) is 18.2 Å². The van der Waals surface area contributed by atoms with E-state index in [0.717, 1.165) is 0 Å². The first kappa shape index (κ1) is 26.2. The summed E-state index contributed by atoms with van der Waals surface area (Å²) >= 11 is 5.08. The molecule has 0 spiro atoms. The van der Waals surface area contributed by atoms with Crippen LogP contribution in [0, 0.1) is 4.77 Å². The summed E-state index contributed by atoms with van der Waals surface area (Å²) in [5.74, 6) is -0.389. The van der Waals surface area contributed by atoms with Crippen LogP contribution in [0.4, 0.5) is 4.39 Å². The number of carbonyl (C=O) groups is 1. The van der Waals surface area contributed by atoms with Crippen molar-refractivity contribution in [2.45, 2.75) is 57.8 Å². The van der Waals surface area contributed by atoms with Crippen molar-refractivity contribution in [1.29, 1.82) is 0 Å². The van der Waals surface area contributed by atoms with Crippen LogP contribution in [-0.2, 0) is 23.4 Å². The predicted octanol–water partition coefficient (Wildman–Crippen LogP) is 3.66. The molecule has 1 aromatic heterocycles. The van der Waals surface area contributed by atoms with Gasteiger partial charge in [-0.25, -0.2) is 8.96 Å². The molecule has 0 saturated carbocycles. The van der Waals surface area contributed by atoms with Crippen molar-refractivity contribution in [1.82, 2.24) is 14.6 Å². The van der Waals surface area contributed by atoms with Gasteiger partial charge in [0.1, 0.15) is 18.0 Å². The first-order valence-electron chi connectivity index (χ1n) is 10.6. The minimum absolute atomic E-state index is 0.0129. The molecule has 0 amide bonds. The monoisotopic (exact) mass is 515 g/mol. The summed E-state index contributed by atoms with van der Waals surface area (Å²) in [6.45, 7) is 4.55. The van der Waals surface area contributed by atoms with Crippen molar-refractivity contribution >= 4 is 25.9 Å². The molecule has 1 aromatic carbocycles. The number of rotatable bonds is 10. The number of nitrogens with zero attached hydrogens (tertiary/aromatic N) is 1. The Morgan fingerprint density at radius 2 is 2.03 bits per heavy atom. The Kier molecular flexibility index (Phi) is 8.78. The summed E-state index contributed by atoms with van der Waals surface area (Å²) in [6, 6.07) is 8.47. The maximum Gasteiger partial charge on any atom is 0.459 e. The van der Waals surface area contributed by atoms with Crippen molar-refractivity contribution in [2.75, 3.05) is 6.61 Å². The van der Waals surface area contributed by atoms with E-state index in [1.54, 1.807) is 44.2 Å². The molecule has 1 saturated heterocycles. The third-order valence-electron chi connectivity index (χ3n) is 4.71. The maximum atomic E-state index is 14.7. The number of aromatic amines is 1. The van der Waals surface area contributed by atoms with Gasteiger partial charge >= 0.3 is 13.7 Å². The van der Waals surface area contributed by atoms with Crippen LogP contribution in [0.2, 0.25) is 0 Å². The highest BCUT2D eigenvalue weighted by Gasteiger charge is 2.40. The molecule has 10 nitrogen and oxygen atoms in total. The lowest BCUT2D eigenvalue weighted by Crippen LogP contribution is -2.36. The number of hydrogen-bond donors (Lipinski definition) is 2. The van der Waals surface area contributed by atoms with Gasteiger partial charge in [0, 0.05) is 18.7 Å². The van der Waals surface area contributed by atoms with E-state index in [4.69, 9.17) is 30.7 Å². The van der Waals surface area contributed by atoms with E-state index < -0.39 is 43.8 Å². The number of carbonyl (C=O) groups excluding carboxylic acids is 1. The average molecular weight is 516 g/mol. The van der Waals surface area contributed by atoms with E-state index in [2.05, 4.69) is 10.1 Å². The molecular formula is C21H27FN3O7PS. The van der Waals surface area contributed by atoms with Crippen LogP contribution < -0.4 is 15.2 Å². The quantitative estimate of drug-likeness (QED) is 0.277. The number of esters is 1. The highest BCUT2D eigenvalue weighted by atomic mass is 32.1. The molecule has 13 heteroatoms. The number of nitrogens with one attached hydrogen (secondary N) is 2. The topological polar surface area (TPSA) is 121 Å². The van der Waals surface area contributed by atoms with Crippen LogP contribution in [0.3, 0.4) is 0 Å². The van der Waals surface area contributed by atoms with E-state index in [0.29, 0.717) is 0 Å². The van der Waals surface area contributed by atoms with Crippen molar-refractivity contribution in [3.63, 3.8) is 0 Å². The van der Waals surface area contributed by atoms with Gasteiger partial charge in [-0.05, 0) is 45.1 Å². The average Bonchev–Trinajstić information content (AvgIpc) is 3.13. The highest BCUT2D eigenvalue weighted by molar-refractivity contribution is 7.71. The van der Waals surface area contributed by atoms with E-state index in [-0.39, 0.29) is 29.7 Å². The van der Waals surface area contributed by atoms with Crippen LogP contribution in [-0.4, -0.2) is 46.5 Å². The number of benzene rings is 1. The van der Waals surface area contributed by atoms with E-state index >= 15 is 0 Å². The Morgan fingerprint density at radius 1 is 1.32 bits per heavy atom. The fourth-order valence-electron chi connectivity index (χ4n) is 3.20. The van der Waals surface area contributed by atoms with Gasteiger partial charge in [0.2, 0.25) is 0 Å². The highest BCUT2D eigenvalue weighted by Crippen LogP contribution is 2.46. The standard InChI is InChI=1S/C21H27FN3O7PS/c1-13(2)30-20(27)14(3)24-33(28,32-15-7-5-4-6-8-15)29-12-16-11-17(22)19(31-16)25-10-9-18(26)23-21(25)34/h4-10,13-14,16-17,19H,11-12H2,1-3H3,(H,24,28)(H,23,26,34). The van der Waals surface area contributed by atoms with Crippen LogP contribution in [0.25, 0.3) is 0 Å². The molecule has 0 radical (unpaired) electrons. The van der Waals surface area contributed by atoms with Gasteiger partial charge < -0.3 is 14.0 Å². The first-order chi connectivity index (χ1) is 16.1. The lowest BCUT2D eigenvalue weighted by Gasteiger charge is -2.24. The summed E-state index contributed by atoms with van der Waals surface area (Å²) in [5, 5.41) is 2.57. The zero-order chi connectivity index (χ0) is 24.9. The van der Waals surface area contributed by atoms with Crippen molar-refractivity contribution in [3.8, 4) is 5.75 Å². The van der Waals surface area contributed by atoms with Crippen molar-refractivity contribution in [2.24, 2.45) is 0 Å². The molecule has 186 valence electrons. The zero-order valence-corrected chi connectivity index (χ0v) is 20.6. The third-order valence-corrected chi connectivity index (χ3v) is 6.67. The van der Waals surface area contributed by atoms with E-state index in [1.807, 2.05) is 0 Å². The number of aromatic nitrogens is 2. The number of halogens is 1. The minimum atomic E-state index is -4.10. The largest absolute Gasteiger partial charge is 0.462 e. The predicted molar refractivity (Wildman–Crippen MR) is 124 cm³/mol. The van der Waals surface area contributed by atoms with E-state index in [1.165, 1.54) is 23.8 Å². The second-order valence-corrected chi connectivity index (χ2v) is 10.0. The Morgan fingerprint density at radius 3 is 2.68 bits per heavy atom. The van der Waals surface area contributed by atoms with Gasteiger partial charge in [0.25, 0.3) is 5.56 Å². The molecule has 34 heavy (non-hydrogen) atoms. The maximum absolute atomic E-state index is 14.7. The number of para-hydroxylation sites is 1. The van der Waals surface area contributed by atoms with Crippen LogP contribution in [0.1, 0.15) is 33.4 Å². The molecule has 3 rings (SSSR count). The summed E-state index contributed by atoms with van der Waals surface area (Å²) < 4.78 is 51.5. The molecule has 1 aliphatic rings. The molecule has 5 unspecified atom stereocenters. The minimum Gasteiger partial charge on any atom is -0.462 e. The molecule has 2 N–H and O–H groups in total. The molecule has 5 atom stereocenters. The summed E-state index contributed by atoms with van der Waals surface area (Å²) in [4.78, 5) is 26.0. The zero-order valence-electron chi connectivity index (χ0n) is 18.9. The van der Waals surface area contributed by atoms with Crippen molar-refractivity contribution in [3.05, 3.63) is 57.7 Å². The summed E-state index contributed by atoms with van der Waals surface area (Å²) in [6.07, 6.45) is -2.41. The first-order valence-corrected chi connectivity index (χ1v) is 12.6. The second kappa shape index (κ2) is 11.4. The normalized spacial score (nSPS) is 22.8. The van der Waals surface area contributed by atoms with Gasteiger partial charge in [-0.2, -0.15) is 5.09 Å². The number of alkyl halides is 1. The van der Waals surface area contributed by atoms with Crippen LogP contribution >= 0.6 is 20.0 Å². The molecular weight excluding hydrogens is 488 g/mol. The second-order valence-electron chi connectivity index (χ2n) is 7.95. The SMILES string of the molecule is CC(C)OC(=O)C(C)NP(=O)(OCC1CC(F)C(n2ccc(=O)[nH]c2=S)O1)Oc1ccccc1. The fourth-order valence-corrected chi connectivity index (χ4v) is 4.98. The summed E-state index contributed by atoms with van der Waals surface area (Å²) in [7, 11) is -4.10. The number of ether oxygens (including phenoxy) is 2. The molecule has 2 aromatic rings. The fraction of sp³-hybridized carbons (Fsp3) is 0.476. The van der Waals surface area contributed by atoms with Gasteiger partial charge in [-0.3, -0.25) is 23.7 Å². The van der Waals surface area contributed by atoms with Crippen molar-refractivity contribution < 1.29 is 32.3 Å². The number of hydrogen-bond acceptors (Lipinski definition) is 8. The molecule has 0 bridgehead atoms. The van der Waals surface area contributed by atoms with Crippen LogP contribution in [0.5, 0.6) is 5.75 Å². The Labute approximate surface area is 201 Å². The lowest BCUT2D eigenvalue weighted by atomic mass is 10.2. The molecule has 2 heterocycles. The molecule has 0 aliphatic carbocycles. The molecule has 1 fully saturated rings. The lowest BCUT2D eigenvalue weighted by molar-refractivity contribution is -0.149.